The van der Waals surface area contributed by atoms with E-state index in [2.05, 4.69) is 41.1 Å². The van der Waals surface area contributed by atoms with Crippen molar-refractivity contribution in [3.05, 3.63) is 47.7 Å². The van der Waals surface area contributed by atoms with Gasteiger partial charge in [0.2, 0.25) is 0 Å². The maximum absolute atomic E-state index is 5.28. The zero-order valence-electron chi connectivity index (χ0n) is 12.7. The van der Waals surface area contributed by atoms with E-state index >= 15 is 0 Å². The topological polar surface area (TPSA) is 29.3 Å². The second kappa shape index (κ2) is 6.67. The fourth-order valence-corrected chi connectivity index (χ4v) is 3.98. The van der Waals surface area contributed by atoms with Gasteiger partial charge in [0.05, 0.1) is 5.69 Å². The number of benzene rings is 1. The molecule has 1 aromatic carbocycles. The molecular weight excluding hydrogens is 280 g/mol. The lowest BCUT2D eigenvalue weighted by Crippen LogP contribution is -2.34. The average molecular weight is 302 g/mol. The van der Waals surface area contributed by atoms with Crippen molar-refractivity contribution in [3.8, 4) is 0 Å². The Kier molecular flexibility index (Phi) is 4.66. The second-order valence-corrected chi connectivity index (χ2v) is 7.06. The maximum atomic E-state index is 5.28. The molecular formula is C17H22N2OS. The van der Waals surface area contributed by atoms with E-state index < -0.39 is 0 Å². The number of rotatable bonds is 4. The minimum atomic E-state index is 0.737. The number of likely N-dealkylation sites (tertiary alicyclic amines) is 1. The highest BCUT2D eigenvalue weighted by molar-refractivity contribution is 8.00. The van der Waals surface area contributed by atoms with E-state index in [1.54, 1.807) is 6.26 Å². The van der Waals surface area contributed by atoms with Crippen LogP contribution in [-0.4, -0.2) is 28.2 Å². The first kappa shape index (κ1) is 14.7. The summed E-state index contributed by atoms with van der Waals surface area (Å²) in [6.07, 6.45) is 4.27. The van der Waals surface area contributed by atoms with E-state index in [0.29, 0.717) is 0 Å². The van der Waals surface area contributed by atoms with E-state index in [9.17, 15) is 0 Å². The molecule has 3 rings (SSSR count). The fraction of sp³-hybridized carbons (Fsp3) is 0.471. The molecule has 0 amide bonds. The summed E-state index contributed by atoms with van der Waals surface area (Å²) >= 11 is 2.04. The number of aromatic nitrogens is 1. The molecule has 1 aromatic heterocycles. The molecule has 1 aliphatic rings. The highest BCUT2D eigenvalue weighted by Crippen LogP contribution is 2.32. The number of oxazole rings is 1. The predicted molar refractivity (Wildman–Crippen MR) is 86.6 cm³/mol. The van der Waals surface area contributed by atoms with Gasteiger partial charge in [-0.1, -0.05) is 18.2 Å². The third kappa shape index (κ3) is 3.89. The molecule has 21 heavy (non-hydrogen) atoms. The Morgan fingerprint density at radius 3 is 2.67 bits per heavy atom. The highest BCUT2D eigenvalue weighted by atomic mass is 32.2. The molecule has 0 aliphatic carbocycles. The molecule has 2 aromatic rings. The zero-order valence-corrected chi connectivity index (χ0v) is 13.5. The average Bonchev–Trinajstić information content (AvgIpc) is 2.89. The van der Waals surface area contributed by atoms with Gasteiger partial charge in [0.15, 0.2) is 5.89 Å². The third-order valence-electron chi connectivity index (χ3n) is 3.97. The lowest BCUT2D eigenvalue weighted by Gasteiger charge is -2.31. The van der Waals surface area contributed by atoms with Crippen molar-refractivity contribution in [2.45, 2.75) is 43.4 Å². The monoisotopic (exact) mass is 302 g/mol. The fourth-order valence-electron chi connectivity index (χ4n) is 2.76. The third-order valence-corrected chi connectivity index (χ3v) is 5.49. The summed E-state index contributed by atoms with van der Waals surface area (Å²) in [6.45, 7) is 7.31. The van der Waals surface area contributed by atoms with Crippen molar-refractivity contribution in [2.24, 2.45) is 0 Å². The smallest absolute Gasteiger partial charge is 0.191 e. The van der Waals surface area contributed by atoms with Gasteiger partial charge in [0.25, 0.3) is 0 Å². The molecule has 0 N–H and O–H groups in total. The summed E-state index contributed by atoms with van der Waals surface area (Å²) in [5.41, 5.74) is 2.44. The van der Waals surface area contributed by atoms with E-state index in [4.69, 9.17) is 4.42 Å². The van der Waals surface area contributed by atoms with Gasteiger partial charge in [0, 0.05) is 23.6 Å². The molecule has 0 radical (unpaired) electrons. The Hall–Kier alpha value is -1.26. The first-order valence-corrected chi connectivity index (χ1v) is 8.44. The minimum Gasteiger partial charge on any atom is -0.449 e. The summed E-state index contributed by atoms with van der Waals surface area (Å²) in [6, 6.07) is 8.69. The van der Waals surface area contributed by atoms with Crippen molar-refractivity contribution in [3.63, 3.8) is 0 Å². The van der Waals surface area contributed by atoms with Crippen LogP contribution in [0.1, 0.15) is 30.0 Å². The Morgan fingerprint density at radius 1 is 1.24 bits per heavy atom. The van der Waals surface area contributed by atoms with Gasteiger partial charge in [-0.25, -0.2) is 4.98 Å². The van der Waals surface area contributed by atoms with Crippen molar-refractivity contribution in [2.75, 3.05) is 13.1 Å². The van der Waals surface area contributed by atoms with Gasteiger partial charge in [-0.15, -0.1) is 11.8 Å². The van der Waals surface area contributed by atoms with Crippen LogP contribution >= 0.6 is 11.8 Å². The molecule has 2 heterocycles. The van der Waals surface area contributed by atoms with Gasteiger partial charge in [-0.05, 0) is 44.5 Å². The number of piperidine rings is 1. The van der Waals surface area contributed by atoms with Gasteiger partial charge < -0.3 is 4.42 Å². The second-order valence-electron chi connectivity index (χ2n) is 5.72. The van der Waals surface area contributed by atoms with E-state index in [0.717, 1.165) is 36.5 Å². The van der Waals surface area contributed by atoms with Crippen molar-refractivity contribution < 1.29 is 4.42 Å². The Morgan fingerprint density at radius 2 is 2.00 bits per heavy atom. The van der Waals surface area contributed by atoms with Crippen molar-refractivity contribution >= 4 is 11.8 Å². The predicted octanol–water partition coefficient (Wildman–Crippen LogP) is 4.05. The molecule has 3 nitrogen and oxygen atoms in total. The van der Waals surface area contributed by atoms with Crippen LogP contribution in [0.25, 0.3) is 0 Å². The molecule has 1 fully saturated rings. The quantitative estimate of drug-likeness (QED) is 0.852. The summed E-state index contributed by atoms with van der Waals surface area (Å²) < 4.78 is 5.28. The minimum absolute atomic E-state index is 0.737. The van der Waals surface area contributed by atoms with Crippen molar-refractivity contribution in [1.82, 2.24) is 9.88 Å². The molecule has 112 valence electrons. The van der Waals surface area contributed by atoms with Crippen LogP contribution in [-0.2, 0) is 6.54 Å². The standard InChI is InChI=1S/C17H22N2OS/c1-13-5-3-4-6-17(13)21-16-7-9-19(10-8-16)11-15-12-20-14(2)18-15/h3-6,12,16H,7-11H2,1-2H3. The number of aryl methyl sites for hydroxylation is 2. The number of hydrogen-bond acceptors (Lipinski definition) is 4. The van der Waals surface area contributed by atoms with Gasteiger partial charge in [-0.3, -0.25) is 4.90 Å². The summed E-state index contributed by atoms with van der Waals surface area (Å²) in [5, 5.41) is 0.737. The van der Waals surface area contributed by atoms with E-state index in [-0.39, 0.29) is 0 Å². The van der Waals surface area contributed by atoms with E-state index in [1.807, 2.05) is 18.7 Å². The molecule has 0 spiro atoms. The van der Waals surface area contributed by atoms with Crippen LogP contribution in [0.2, 0.25) is 0 Å². The lowest BCUT2D eigenvalue weighted by molar-refractivity contribution is 0.222. The Balaban J connectivity index is 1.50. The van der Waals surface area contributed by atoms with Crippen LogP contribution in [0.3, 0.4) is 0 Å². The van der Waals surface area contributed by atoms with Crippen molar-refractivity contribution in [1.29, 1.82) is 0 Å². The van der Waals surface area contributed by atoms with Gasteiger partial charge >= 0.3 is 0 Å². The first-order chi connectivity index (χ1) is 10.2. The zero-order chi connectivity index (χ0) is 14.7. The van der Waals surface area contributed by atoms with Crippen LogP contribution in [0.15, 0.2) is 39.8 Å². The molecule has 0 bridgehead atoms. The maximum Gasteiger partial charge on any atom is 0.191 e. The number of nitrogens with zero attached hydrogens (tertiary/aromatic N) is 2. The normalized spacial score (nSPS) is 17.2. The molecule has 4 heteroatoms. The van der Waals surface area contributed by atoms with Crippen LogP contribution in [0, 0.1) is 13.8 Å². The van der Waals surface area contributed by atoms with Crippen LogP contribution in [0.5, 0.6) is 0 Å². The molecule has 1 aliphatic heterocycles. The first-order valence-electron chi connectivity index (χ1n) is 7.56. The van der Waals surface area contributed by atoms with Crippen LogP contribution in [0.4, 0.5) is 0 Å². The molecule has 0 atom stereocenters. The van der Waals surface area contributed by atoms with Crippen LogP contribution < -0.4 is 0 Å². The lowest BCUT2D eigenvalue weighted by atomic mass is 10.1. The Labute approximate surface area is 130 Å². The van der Waals surface area contributed by atoms with Gasteiger partial charge in [0.1, 0.15) is 6.26 Å². The SMILES string of the molecule is Cc1nc(CN2CCC(Sc3ccccc3C)CC2)co1. The summed E-state index contributed by atoms with van der Waals surface area (Å²) in [4.78, 5) is 8.30. The van der Waals surface area contributed by atoms with Gasteiger partial charge in [-0.2, -0.15) is 0 Å². The summed E-state index contributed by atoms with van der Waals surface area (Å²) in [7, 11) is 0. The van der Waals surface area contributed by atoms with E-state index in [1.165, 1.54) is 23.3 Å². The largest absolute Gasteiger partial charge is 0.449 e. The molecule has 0 saturated carbocycles. The highest BCUT2D eigenvalue weighted by Gasteiger charge is 2.21. The Bertz CT molecular complexity index is 588. The number of hydrogen-bond donors (Lipinski definition) is 0. The summed E-state index contributed by atoms with van der Waals surface area (Å²) in [5.74, 6) is 0.759. The molecule has 0 unspecified atom stereocenters. The number of thioether (sulfide) groups is 1. The molecule has 1 saturated heterocycles.